The lowest BCUT2D eigenvalue weighted by atomic mass is 10.1. The van der Waals surface area contributed by atoms with E-state index in [0.29, 0.717) is 17.1 Å². The van der Waals surface area contributed by atoms with E-state index in [9.17, 15) is 9.59 Å². The van der Waals surface area contributed by atoms with Gasteiger partial charge in [-0.1, -0.05) is 12.1 Å². The van der Waals surface area contributed by atoms with Crippen molar-refractivity contribution in [2.45, 2.75) is 13.0 Å². The molecule has 3 rings (SSSR count). The lowest BCUT2D eigenvalue weighted by Gasteiger charge is -2.17. The number of furan rings is 1. The molecule has 1 atom stereocenters. The highest BCUT2D eigenvalue weighted by Crippen LogP contribution is 2.18. The predicted molar refractivity (Wildman–Crippen MR) is 117 cm³/mol. The van der Waals surface area contributed by atoms with Gasteiger partial charge in [-0.2, -0.15) is 0 Å². The second kappa shape index (κ2) is 10.2. The number of benzene rings is 2. The molecule has 0 saturated carbocycles. The van der Waals surface area contributed by atoms with E-state index >= 15 is 0 Å². The zero-order valence-electron chi connectivity index (χ0n) is 17.5. The van der Waals surface area contributed by atoms with Gasteiger partial charge in [-0.15, -0.1) is 0 Å². The van der Waals surface area contributed by atoms with Crippen LogP contribution in [-0.2, 0) is 4.79 Å². The molecule has 1 heterocycles. The maximum Gasteiger partial charge on any atom is 0.268 e. The van der Waals surface area contributed by atoms with Crippen molar-refractivity contribution in [3.05, 3.63) is 89.5 Å². The fraction of sp³-hybridized carbons (Fsp3) is 0.167. The van der Waals surface area contributed by atoms with Crippen molar-refractivity contribution in [2.75, 3.05) is 14.2 Å². The number of hydrogen-bond donors (Lipinski definition) is 2. The zero-order chi connectivity index (χ0) is 22.2. The Morgan fingerprint density at radius 1 is 0.935 bits per heavy atom. The number of ether oxygens (including phenoxy) is 2. The van der Waals surface area contributed by atoms with Crippen LogP contribution >= 0.6 is 0 Å². The van der Waals surface area contributed by atoms with Gasteiger partial charge in [0.15, 0.2) is 0 Å². The molecule has 3 aromatic rings. The molecular weight excluding hydrogens is 396 g/mol. The Hall–Kier alpha value is -4.00. The molecule has 2 N–H and O–H groups in total. The summed E-state index contributed by atoms with van der Waals surface area (Å²) in [6.45, 7) is 1.86. The van der Waals surface area contributed by atoms with Gasteiger partial charge in [-0.05, 0) is 61.0 Å². The fourth-order valence-corrected chi connectivity index (χ4v) is 2.86. The number of nitrogens with one attached hydrogen (secondary N) is 2. The van der Waals surface area contributed by atoms with Crippen LogP contribution in [0.15, 0.2) is 77.0 Å². The van der Waals surface area contributed by atoms with E-state index in [1.54, 1.807) is 50.6 Å². The summed E-state index contributed by atoms with van der Waals surface area (Å²) in [5, 5.41) is 5.57. The number of carbonyl (C=O) groups is 2. The molecule has 0 saturated heterocycles. The van der Waals surface area contributed by atoms with Crippen molar-refractivity contribution < 1.29 is 23.5 Å². The summed E-state index contributed by atoms with van der Waals surface area (Å²) >= 11 is 0. The molecular formula is C24H24N2O5. The molecule has 0 radical (unpaired) electrons. The first kappa shape index (κ1) is 21.7. The van der Waals surface area contributed by atoms with Crippen molar-refractivity contribution in [2.24, 2.45) is 0 Å². The number of carbonyl (C=O) groups excluding carboxylic acids is 2. The average molecular weight is 420 g/mol. The molecule has 31 heavy (non-hydrogen) atoms. The van der Waals surface area contributed by atoms with Crippen molar-refractivity contribution in [1.29, 1.82) is 0 Å². The summed E-state index contributed by atoms with van der Waals surface area (Å²) in [4.78, 5) is 25.7. The van der Waals surface area contributed by atoms with Crippen LogP contribution in [0, 0.1) is 0 Å². The molecule has 160 valence electrons. The number of hydrogen-bond acceptors (Lipinski definition) is 5. The first-order valence-electron chi connectivity index (χ1n) is 9.65. The highest BCUT2D eigenvalue weighted by Gasteiger charge is 2.18. The standard InChI is InChI=1S/C24H24N2O5/c1-16(17-6-10-19(29-2)11-7-17)25-24(28)22(15-21-5-4-14-31-21)26-23(27)18-8-12-20(30-3)13-9-18/h4-16H,1-3H3,(H,25,28)(H,26,27)/b22-15-. The SMILES string of the molecule is COc1ccc(C(=O)N/C(=C\c2ccco2)C(=O)NC(C)c2ccc(OC)cc2)cc1. The van der Waals surface area contributed by atoms with Crippen LogP contribution in [-0.4, -0.2) is 26.0 Å². The van der Waals surface area contributed by atoms with Crippen molar-refractivity contribution in [3.8, 4) is 11.5 Å². The van der Waals surface area contributed by atoms with Gasteiger partial charge in [0.1, 0.15) is 23.0 Å². The molecule has 0 aliphatic carbocycles. The van der Waals surface area contributed by atoms with Gasteiger partial charge in [0, 0.05) is 11.6 Å². The summed E-state index contributed by atoms with van der Waals surface area (Å²) in [5.41, 5.74) is 1.35. The molecule has 1 aromatic heterocycles. The predicted octanol–water partition coefficient (Wildman–Crippen LogP) is 3.95. The lowest BCUT2D eigenvalue weighted by Crippen LogP contribution is -2.36. The minimum absolute atomic E-state index is 0.0659. The Kier molecular flexibility index (Phi) is 7.11. The molecule has 0 fully saturated rings. The van der Waals surface area contributed by atoms with Gasteiger partial charge in [0.05, 0.1) is 26.5 Å². The summed E-state index contributed by atoms with van der Waals surface area (Å²) in [7, 11) is 3.14. The van der Waals surface area contributed by atoms with Crippen LogP contribution in [0.4, 0.5) is 0 Å². The minimum atomic E-state index is -0.443. The average Bonchev–Trinajstić information content (AvgIpc) is 3.31. The molecule has 0 aliphatic heterocycles. The van der Waals surface area contributed by atoms with Crippen LogP contribution in [0.3, 0.4) is 0 Å². The minimum Gasteiger partial charge on any atom is -0.497 e. The Bertz CT molecular complexity index is 1040. The summed E-state index contributed by atoms with van der Waals surface area (Å²) < 4.78 is 15.6. The Labute approximate surface area is 180 Å². The van der Waals surface area contributed by atoms with Crippen LogP contribution < -0.4 is 20.1 Å². The van der Waals surface area contributed by atoms with E-state index in [0.717, 1.165) is 11.3 Å². The number of amides is 2. The lowest BCUT2D eigenvalue weighted by molar-refractivity contribution is -0.118. The molecule has 7 heteroatoms. The zero-order valence-corrected chi connectivity index (χ0v) is 17.5. The Balaban J connectivity index is 1.77. The largest absolute Gasteiger partial charge is 0.497 e. The van der Waals surface area contributed by atoms with Gasteiger partial charge < -0.3 is 24.5 Å². The second-order valence-corrected chi connectivity index (χ2v) is 6.72. The van der Waals surface area contributed by atoms with Crippen LogP contribution in [0.5, 0.6) is 11.5 Å². The van der Waals surface area contributed by atoms with Gasteiger partial charge in [0.25, 0.3) is 11.8 Å². The smallest absolute Gasteiger partial charge is 0.268 e. The van der Waals surface area contributed by atoms with Crippen LogP contribution in [0.2, 0.25) is 0 Å². The molecule has 0 spiro atoms. The van der Waals surface area contributed by atoms with Gasteiger partial charge in [-0.3, -0.25) is 9.59 Å². The van der Waals surface area contributed by atoms with E-state index in [-0.39, 0.29) is 11.7 Å². The molecule has 0 bridgehead atoms. The quantitative estimate of drug-likeness (QED) is 0.539. The summed E-state index contributed by atoms with van der Waals surface area (Å²) in [6, 6.07) is 17.1. The van der Waals surface area contributed by atoms with Crippen molar-refractivity contribution in [1.82, 2.24) is 10.6 Å². The second-order valence-electron chi connectivity index (χ2n) is 6.72. The van der Waals surface area contributed by atoms with E-state index in [4.69, 9.17) is 13.9 Å². The van der Waals surface area contributed by atoms with E-state index < -0.39 is 11.8 Å². The van der Waals surface area contributed by atoms with E-state index in [2.05, 4.69) is 10.6 Å². The van der Waals surface area contributed by atoms with Crippen LogP contribution in [0.1, 0.15) is 34.6 Å². The monoisotopic (exact) mass is 420 g/mol. The Morgan fingerprint density at radius 3 is 2.10 bits per heavy atom. The molecule has 2 aromatic carbocycles. The molecule has 2 amide bonds. The summed E-state index contributed by atoms with van der Waals surface area (Å²) in [5.74, 6) is 0.938. The summed E-state index contributed by atoms with van der Waals surface area (Å²) in [6.07, 6.45) is 2.98. The molecule has 7 nitrogen and oxygen atoms in total. The first-order chi connectivity index (χ1) is 15.0. The highest BCUT2D eigenvalue weighted by atomic mass is 16.5. The third-order valence-corrected chi connectivity index (χ3v) is 4.64. The van der Waals surface area contributed by atoms with Gasteiger partial charge in [0.2, 0.25) is 0 Å². The highest BCUT2D eigenvalue weighted by molar-refractivity contribution is 6.05. The maximum absolute atomic E-state index is 13.0. The van der Waals surface area contributed by atoms with Crippen molar-refractivity contribution >= 4 is 17.9 Å². The molecule has 1 unspecified atom stereocenters. The maximum atomic E-state index is 13.0. The third kappa shape index (κ3) is 5.76. The van der Waals surface area contributed by atoms with Gasteiger partial charge in [-0.25, -0.2) is 0 Å². The topological polar surface area (TPSA) is 89.8 Å². The third-order valence-electron chi connectivity index (χ3n) is 4.64. The number of rotatable bonds is 8. The number of methoxy groups -OCH3 is 2. The van der Waals surface area contributed by atoms with Crippen molar-refractivity contribution in [3.63, 3.8) is 0 Å². The van der Waals surface area contributed by atoms with E-state index in [1.807, 2.05) is 31.2 Å². The fourth-order valence-electron chi connectivity index (χ4n) is 2.86. The molecule has 0 aliphatic rings. The van der Waals surface area contributed by atoms with Gasteiger partial charge >= 0.3 is 0 Å². The first-order valence-corrected chi connectivity index (χ1v) is 9.65. The van der Waals surface area contributed by atoms with E-state index in [1.165, 1.54) is 12.3 Å². The van der Waals surface area contributed by atoms with Crippen LogP contribution in [0.25, 0.3) is 6.08 Å². The normalized spacial score (nSPS) is 12.0. The Morgan fingerprint density at radius 2 is 1.55 bits per heavy atom.